The highest BCUT2D eigenvalue weighted by Gasteiger charge is 2.51. The van der Waals surface area contributed by atoms with Crippen LogP contribution in [-0.2, 0) is 5.41 Å². The van der Waals surface area contributed by atoms with Gasteiger partial charge in [-0.15, -0.1) is 11.3 Å². The fraction of sp³-hybridized carbons (Fsp3) is 0.0182. The van der Waals surface area contributed by atoms with E-state index in [1.165, 1.54) is 97.0 Å². The Labute approximate surface area is 334 Å². The molecule has 11 aromatic rings. The summed E-state index contributed by atoms with van der Waals surface area (Å²) in [6.07, 6.45) is 0. The molecule has 0 radical (unpaired) electrons. The summed E-state index contributed by atoms with van der Waals surface area (Å²) < 4.78 is 2.61. The topological polar surface area (TPSA) is 3.24 Å². The Kier molecular flexibility index (Phi) is 6.31. The molecule has 0 bridgehead atoms. The third-order valence-electron chi connectivity index (χ3n) is 12.8. The number of fused-ring (bicyclic) bond motifs is 19. The molecule has 1 spiro atoms. The van der Waals surface area contributed by atoms with Crippen LogP contribution in [0.5, 0.6) is 0 Å². The SMILES string of the molecule is c1ccc2c(c1)-c1ccccc1C21c2ccccc2-c2cc(N(c3ccc4c(c3)sc3ccccc34)c3ccc4c5ccccc5c5ccccc5c4c3)ccc21. The van der Waals surface area contributed by atoms with Gasteiger partial charge in [0.1, 0.15) is 0 Å². The fourth-order valence-corrected chi connectivity index (χ4v) is 11.7. The van der Waals surface area contributed by atoms with Gasteiger partial charge in [0.05, 0.1) is 5.41 Å². The summed E-state index contributed by atoms with van der Waals surface area (Å²) in [5.74, 6) is 0. The molecule has 2 aliphatic rings. The monoisotopic (exact) mass is 739 g/mol. The third-order valence-corrected chi connectivity index (χ3v) is 14.0. The number of hydrogen-bond donors (Lipinski definition) is 0. The molecule has 0 aliphatic heterocycles. The van der Waals surface area contributed by atoms with Gasteiger partial charge in [-0.1, -0.05) is 158 Å². The molecule has 0 N–H and O–H groups in total. The van der Waals surface area contributed by atoms with Crippen LogP contribution < -0.4 is 4.90 Å². The van der Waals surface area contributed by atoms with Crippen molar-refractivity contribution < 1.29 is 0 Å². The van der Waals surface area contributed by atoms with Crippen LogP contribution in [0.2, 0.25) is 0 Å². The summed E-state index contributed by atoms with van der Waals surface area (Å²) in [4.78, 5) is 2.48. The van der Waals surface area contributed by atoms with Crippen LogP contribution in [0.1, 0.15) is 22.3 Å². The van der Waals surface area contributed by atoms with Gasteiger partial charge in [-0.2, -0.15) is 0 Å². The zero-order chi connectivity index (χ0) is 37.2. The Morgan fingerprint density at radius 3 is 1.32 bits per heavy atom. The molecular weight excluding hydrogens is 707 g/mol. The van der Waals surface area contributed by atoms with Gasteiger partial charge in [0, 0.05) is 37.2 Å². The smallest absolute Gasteiger partial charge is 0.0725 e. The van der Waals surface area contributed by atoms with Gasteiger partial charge in [0.25, 0.3) is 0 Å². The Hall–Kier alpha value is -7.00. The summed E-state index contributed by atoms with van der Waals surface area (Å²) in [7, 11) is 0. The van der Waals surface area contributed by atoms with Crippen LogP contribution >= 0.6 is 11.3 Å². The van der Waals surface area contributed by atoms with Crippen LogP contribution in [0.15, 0.2) is 200 Å². The average molecular weight is 740 g/mol. The lowest BCUT2D eigenvalue weighted by Gasteiger charge is -2.31. The minimum Gasteiger partial charge on any atom is -0.310 e. The van der Waals surface area contributed by atoms with Crippen LogP contribution in [0, 0.1) is 0 Å². The van der Waals surface area contributed by atoms with E-state index in [1.54, 1.807) is 0 Å². The summed E-state index contributed by atoms with van der Waals surface area (Å²) in [6.45, 7) is 0. The minimum atomic E-state index is -0.374. The molecule has 0 saturated carbocycles. The van der Waals surface area contributed by atoms with E-state index in [-0.39, 0.29) is 5.41 Å². The summed E-state index contributed by atoms with van der Waals surface area (Å²) >= 11 is 1.87. The normalized spacial score (nSPS) is 13.4. The number of rotatable bonds is 3. The predicted octanol–water partition coefficient (Wildman–Crippen LogP) is 15.3. The molecular formula is C55H33NS. The maximum atomic E-state index is 2.48. The zero-order valence-corrected chi connectivity index (χ0v) is 31.7. The van der Waals surface area contributed by atoms with E-state index in [1.807, 2.05) is 11.3 Å². The van der Waals surface area contributed by atoms with Crippen LogP contribution in [0.3, 0.4) is 0 Å². The Morgan fingerprint density at radius 1 is 0.281 bits per heavy atom. The Bertz CT molecular complexity index is 3420. The maximum absolute atomic E-state index is 2.48. The molecule has 1 nitrogen and oxygen atoms in total. The van der Waals surface area contributed by atoms with Crippen molar-refractivity contribution in [3.05, 3.63) is 222 Å². The number of thiophene rings is 1. The van der Waals surface area contributed by atoms with Crippen molar-refractivity contribution in [3.8, 4) is 22.3 Å². The highest BCUT2D eigenvalue weighted by molar-refractivity contribution is 7.25. The van der Waals surface area contributed by atoms with Crippen LogP contribution in [-0.4, -0.2) is 0 Å². The van der Waals surface area contributed by atoms with Crippen molar-refractivity contribution in [3.63, 3.8) is 0 Å². The maximum Gasteiger partial charge on any atom is 0.0725 e. The number of nitrogens with zero attached hydrogens (tertiary/aromatic N) is 1. The highest BCUT2D eigenvalue weighted by Crippen LogP contribution is 2.63. The second-order valence-electron chi connectivity index (χ2n) is 15.6. The minimum absolute atomic E-state index is 0.374. The second-order valence-corrected chi connectivity index (χ2v) is 16.6. The molecule has 1 aromatic heterocycles. The third kappa shape index (κ3) is 4.12. The van der Waals surface area contributed by atoms with Gasteiger partial charge in [0.15, 0.2) is 0 Å². The first-order valence-electron chi connectivity index (χ1n) is 19.8. The first-order valence-corrected chi connectivity index (χ1v) is 20.6. The molecule has 0 amide bonds. The standard InChI is InChI=1S/C55H33NS/c1-2-15-39-37(13-1)38-14-3-4-16-40(38)47-31-34(25-28-41(39)47)56(36-26-29-46-45-20-8-12-24-53(45)57-54(46)33-36)35-27-30-52-48(32-35)44-19-7-11-23-51(44)55(52)49-21-9-5-17-42(49)43-18-6-10-22-50(43)55/h1-33H. The van der Waals surface area contributed by atoms with E-state index < -0.39 is 0 Å². The van der Waals surface area contributed by atoms with Gasteiger partial charge < -0.3 is 4.90 Å². The number of benzene rings is 10. The van der Waals surface area contributed by atoms with Crippen molar-refractivity contribution in [1.82, 2.24) is 0 Å². The number of hydrogen-bond acceptors (Lipinski definition) is 2. The van der Waals surface area contributed by atoms with Gasteiger partial charge in [-0.05, 0) is 119 Å². The van der Waals surface area contributed by atoms with E-state index >= 15 is 0 Å². The van der Waals surface area contributed by atoms with Crippen LogP contribution in [0.4, 0.5) is 17.1 Å². The first-order chi connectivity index (χ1) is 28.3. The van der Waals surface area contributed by atoms with Gasteiger partial charge >= 0.3 is 0 Å². The molecule has 2 aliphatic carbocycles. The van der Waals surface area contributed by atoms with E-state index in [9.17, 15) is 0 Å². The second kappa shape index (κ2) is 11.5. The molecule has 0 fully saturated rings. The largest absolute Gasteiger partial charge is 0.310 e. The molecule has 0 unspecified atom stereocenters. The molecule has 57 heavy (non-hydrogen) atoms. The Morgan fingerprint density at radius 2 is 0.684 bits per heavy atom. The predicted molar refractivity (Wildman–Crippen MR) is 243 cm³/mol. The van der Waals surface area contributed by atoms with Gasteiger partial charge in [-0.25, -0.2) is 0 Å². The lowest BCUT2D eigenvalue weighted by Crippen LogP contribution is -2.25. The highest BCUT2D eigenvalue weighted by atomic mass is 32.1. The summed E-state index contributed by atoms with van der Waals surface area (Å²) in [6, 6.07) is 75.1. The molecule has 1 heterocycles. The van der Waals surface area contributed by atoms with Crippen molar-refractivity contribution in [2.75, 3.05) is 4.90 Å². The number of anilines is 3. The van der Waals surface area contributed by atoms with Crippen molar-refractivity contribution >= 4 is 80.9 Å². The van der Waals surface area contributed by atoms with E-state index in [4.69, 9.17) is 0 Å². The molecule has 13 rings (SSSR count). The van der Waals surface area contributed by atoms with E-state index in [0.29, 0.717) is 0 Å². The van der Waals surface area contributed by atoms with E-state index in [2.05, 4.69) is 205 Å². The summed E-state index contributed by atoms with van der Waals surface area (Å²) in [5, 5.41) is 10.3. The Balaban J connectivity index is 1.09. The van der Waals surface area contributed by atoms with Gasteiger partial charge in [0.2, 0.25) is 0 Å². The van der Waals surface area contributed by atoms with Crippen LogP contribution in [0.25, 0.3) is 74.7 Å². The quantitative estimate of drug-likeness (QED) is 0.163. The molecule has 0 atom stereocenters. The van der Waals surface area contributed by atoms with Crippen molar-refractivity contribution in [1.29, 1.82) is 0 Å². The lowest BCUT2D eigenvalue weighted by molar-refractivity contribution is 0.794. The van der Waals surface area contributed by atoms with Crippen molar-refractivity contribution in [2.45, 2.75) is 5.41 Å². The first kappa shape index (κ1) is 31.2. The zero-order valence-electron chi connectivity index (χ0n) is 30.9. The fourth-order valence-electron chi connectivity index (χ4n) is 10.6. The molecule has 2 heteroatoms. The molecule has 0 saturated heterocycles. The lowest BCUT2D eigenvalue weighted by atomic mass is 9.70. The molecule has 264 valence electrons. The van der Waals surface area contributed by atoms with Gasteiger partial charge in [-0.3, -0.25) is 0 Å². The summed E-state index contributed by atoms with van der Waals surface area (Å²) in [5.41, 5.74) is 13.7. The molecule has 10 aromatic carbocycles. The van der Waals surface area contributed by atoms with E-state index in [0.717, 1.165) is 17.1 Å². The average Bonchev–Trinajstić information content (AvgIpc) is 3.90. The van der Waals surface area contributed by atoms with Crippen molar-refractivity contribution in [2.24, 2.45) is 0 Å².